The van der Waals surface area contributed by atoms with Crippen LogP contribution in [0.15, 0.2) is 73.2 Å². The molecule has 1 atom stereocenters. The molecule has 0 radical (unpaired) electrons. The molecule has 0 aliphatic heterocycles. The van der Waals surface area contributed by atoms with E-state index in [1.165, 1.54) is 0 Å². The average Bonchev–Trinajstić information content (AvgIpc) is 3.20. The van der Waals surface area contributed by atoms with Gasteiger partial charge in [-0.05, 0) is 17.5 Å². The van der Waals surface area contributed by atoms with Crippen molar-refractivity contribution in [1.82, 2.24) is 14.9 Å². The highest BCUT2D eigenvalue weighted by Gasteiger charge is 2.22. The largest absolute Gasteiger partial charge is 0.480 e. The van der Waals surface area contributed by atoms with Crippen molar-refractivity contribution in [2.24, 2.45) is 0 Å². The van der Waals surface area contributed by atoms with Crippen LogP contribution in [0, 0.1) is 0 Å². The van der Waals surface area contributed by atoms with Gasteiger partial charge in [-0.1, -0.05) is 60.7 Å². The van der Waals surface area contributed by atoms with Gasteiger partial charge in [0.2, 0.25) is 5.91 Å². The zero-order valence-electron chi connectivity index (χ0n) is 16.6. The third-order valence-corrected chi connectivity index (χ3v) is 4.67. The molecule has 3 aromatic rings. The number of nitrogens with one attached hydrogen (secondary N) is 1. The van der Waals surface area contributed by atoms with Crippen LogP contribution in [0.1, 0.15) is 23.2 Å². The Morgan fingerprint density at radius 1 is 1.03 bits per heavy atom. The van der Waals surface area contributed by atoms with E-state index in [2.05, 4.69) is 10.3 Å². The molecule has 1 heterocycles. The van der Waals surface area contributed by atoms with Gasteiger partial charge in [-0.15, -0.1) is 0 Å². The van der Waals surface area contributed by atoms with Crippen LogP contribution in [-0.2, 0) is 40.5 Å². The van der Waals surface area contributed by atoms with Crippen molar-refractivity contribution in [3.63, 3.8) is 0 Å². The Labute approximate surface area is 175 Å². The maximum atomic E-state index is 12.3. The van der Waals surface area contributed by atoms with E-state index in [1.807, 2.05) is 60.7 Å². The molecule has 0 saturated heterocycles. The molecule has 156 valence electrons. The summed E-state index contributed by atoms with van der Waals surface area (Å²) < 4.78 is 7.45. The number of hydrogen-bond donors (Lipinski definition) is 2. The molecule has 0 unspecified atom stereocenters. The number of carbonyl (C=O) groups excluding carboxylic acids is 1. The predicted molar refractivity (Wildman–Crippen MR) is 111 cm³/mol. The number of benzene rings is 2. The van der Waals surface area contributed by atoms with Crippen LogP contribution in [-0.4, -0.2) is 32.6 Å². The van der Waals surface area contributed by atoms with E-state index in [1.54, 1.807) is 17.1 Å². The van der Waals surface area contributed by atoms with Crippen LogP contribution in [0.5, 0.6) is 0 Å². The zero-order chi connectivity index (χ0) is 21.2. The van der Waals surface area contributed by atoms with E-state index in [-0.39, 0.29) is 25.5 Å². The molecular weight excluding hydrogens is 382 g/mol. The maximum absolute atomic E-state index is 12.3. The molecule has 2 aromatic carbocycles. The lowest BCUT2D eigenvalue weighted by Gasteiger charge is -2.16. The van der Waals surface area contributed by atoms with Crippen LogP contribution in [0.25, 0.3) is 0 Å². The number of carboxylic acid groups (broad SMARTS) is 1. The fraction of sp³-hybridized carbons (Fsp3) is 0.261. The Bertz CT molecular complexity index is 941. The summed E-state index contributed by atoms with van der Waals surface area (Å²) in [5, 5.41) is 12.2. The van der Waals surface area contributed by atoms with E-state index in [0.717, 1.165) is 11.1 Å². The summed E-state index contributed by atoms with van der Waals surface area (Å²) in [5.74, 6) is -1.38. The van der Waals surface area contributed by atoms with E-state index < -0.39 is 12.0 Å². The molecule has 1 aromatic heterocycles. The molecule has 30 heavy (non-hydrogen) atoms. The Morgan fingerprint density at radius 3 is 2.37 bits per heavy atom. The lowest BCUT2D eigenvalue weighted by Crippen LogP contribution is -2.42. The molecule has 0 spiro atoms. The number of aryl methyl sites for hydroxylation is 1. The topological polar surface area (TPSA) is 93.5 Å². The first kappa shape index (κ1) is 21.3. The van der Waals surface area contributed by atoms with Gasteiger partial charge in [0.05, 0.1) is 12.9 Å². The Morgan fingerprint density at radius 2 is 1.70 bits per heavy atom. The summed E-state index contributed by atoms with van der Waals surface area (Å²) in [5.41, 5.74) is 2.76. The van der Waals surface area contributed by atoms with Crippen LogP contribution in [0.2, 0.25) is 0 Å². The van der Waals surface area contributed by atoms with Crippen LogP contribution in [0.4, 0.5) is 0 Å². The summed E-state index contributed by atoms with van der Waals surface area (Å²) in [4.78, 5) is 28.0. The molecule has 7 heteroatoms. The number of carbonyl (C=O) groups is 2. The standard InChI is InChI=1S/C23H25N3O4/c27-22(12-11-18-7-3-1-4-8-18)25-21(23(28)29)13-20-14-24-16-26(20)17-30-15-19-9-5-2-6-10-19/h1-10,14,16,21H,11-13,15,17H2,(H,25,27)(H,28,29)/t21-/m0/s1. The number of carboxylic acids is 1. The van der Waals surface area contributed by atoms with E-state index in [4.69, 9.17) is 4.74 Å². The number of aromatic nitrogens is 2. The molecule has 3 rings (SSSR count). The SMILES string of the molecule is O=C(CCc1ccccc1)N[C@@H](Cc1cncn1COCc1ccccc1)C(=O)O. The highest BCUT2D eigenvalue weighted by molar-refractivity contribution is 5.83. The normalized spacial score (nSPS) is 11.7. The second-order valence-electron chi connectivity index (χ2n) is 6.97. The van der Waals surface area contributed by atoms with Crippen molar-refractivity contribution >= 4 is 11.9 Å². The van der Waals surface area contributed by atoms with Crippen LogP contribution < -0.4 is 5.32 Å². The van der Waals surface area contributed by atoms with Gasteiger partial charge >= 0.3 is 5.97 Å². The van der Waals surface area contributed by atoms with Gasteiger partial charge < -0.3 is 19.7 Å². The quantitative estimate of drug-likeness (QED) is 0.510. The van der Waals surface area contributed by atoms with Crippen molar-refractivity contribution < 1.29 is 19.4 Å². The molecule has 1 amide bonds. The van der Waals surface area contributed by atoms with Gasteiger partial charge in [0, 0.05) is 24.7 Å². The van der Waals surface area contributed by atoms with Crippen molar-refractivity contribution in [2.45, 2.75) is 38.6 Å². The highest BCUT2D eigenvalue weighted by atomic mass is 16.5. The van der Waals surface area contributed by atoms with Crippen molar-refractivity contribution in [2.75, 3.05) is 0 Å². The summed E-state index contributed by atoms with van der Waals surface area (Å²) in [6, 6.07) is 18.4. The first-order valence-electron chi connectivity index (χ1n) is 9.78. The third-order valence-electron chi connectivity index (χ3n) is 4.67. The molecule has 2 N–H and O–H groups in total. The maximum Gasteiger partial charge on any atom is 0.326 e. The molecule has 0 fully saturated rings. The lowest BCUT2D eigenvalue weighted by molar-refractivity contribution is -0.141. The van der Waals surface area contributed by atoms with Gasteiger partial charge in [0.1, 0.15) is 12.8 Å². The van der Waals surface area contributed by atoms with Gasteiger partial charge in [-0.3, -0.25) is 4.79 Å². The molecular formula is C23H25N3O4. The number of imidazole rings is 1. The van der Waals surface area contributed by atoms with Gasteiger partial charge in [0.15, 0.2) is 0 Å². The Kier molecular flexibility index (Phi) is 7.74. The van der Waals surface area contributed by atoms with Crippen molar-refractivity contribution in [3.05, 3.63) is 90.0 Å². The Hall–Kier alpha value is -3.45. The van der Waals surface area contributed by atoms with Gasteiger partial charge in [0.25, 0.3) is 0 Å². The minimum Gasteiger partial charge on any atom is -0.480 e. The number of ether oxygens (including phenoxy) is 1. The predicted octanol–water partition coefficient (Wildman–Crippen LogP) is 2.80. The van der Waals surface area contributed by atoms with Crippen molar-refractivity contribution in [1.29, 1.82) is 0 Å². The first-order chi connectivity index (χ1) is 14.6. The molecule has 0 aliphatic rings. The van der Waals surface area contributed by atoms with Crippen LogP contribution in [0.3, 0.4) is 0 Å². The van der Waals surface area contributed by atoms with Gasteiger partial charge in [-0.2, -0.15) is 0 Å². The fourth-order valence-corrected chi connectivity index (χ4v) is 3.05. The second kappa shape index (κ2) is 10.9. The molecule has 0 aliphatic carbocycles. The highest BCUT2D eigenvalue weighted by Crippen LogP contribution is 2.08. The fourth-order valence-electron chi connectivity index (χ4n) is 3.05. The minimum absolute atomic E-state index is 0.126. The monoisotopic (exact) mass is 407 g/mol. The smallest absolute Gasteiger partial charge is 0.326 e. The molecule has 0 bridgehead atoms. The number of rotatable bonds is 11. The first-order valence-corrected chi connectivity index (χ1v) is 9.78. The van der Waals surface area contributed by atoms with E-state index >= 15 is 0 Å². The van der Waals surface area contributed by atoms with Gasteiger partial charge in [-0.25, -0.2) is 9.78 Å². The minimum atomic E-state index is -1.08. The number of nitrogens with zero attached hydrogens (tertiary/aromatic N) is 2. The Balaban J connectivity index is 1.51. The van der Waals surface area contributed by atoms with Crippen molar-refractivity contribution in [3.8, 4) is 0 Å². The average molecular weight is 407 g/mol. The number of amides is 1. The van der Waals surface area contributed by atoms with Crippen LogP contribution >= 0.6 is 0 Å². The summed E-state index contributed by atoms with van der Waals surface area (Å²) >= 11 is 0. The number of aliphatic carboxylic acids is 1. The third kappa shape index (κ3) is 6.56. The number of hydrogen-bond acceptors (Lipinski definition) is 4. The van der Waals surface area contributed by atoms with E-state index in [0.29, 0.717) is 18.7 Å². The second-order valence-corrected chi connectivity index (χ2v) is 6.97. The molecule has 0 saturated carbocycles. The zero-order valence-corrected chi connectivity index (χ0v) is 16.6. The lowest BCUT2D eigenvalue weighted by atomic mass is 10.1. The van der Waals surface area contributed by atoms with E-state index in [9.17, 15) is 14.7 Å². The summed E-state index contributed by atoms with van der Waals surface area (Å²) in [7, 11) is 0. The molecule has 7 nitrogen and oxygen atoms in total. The summed E-state index contributed by atoms with van der Waals surface area (Å²) in [6.45, 7) is 0.690. The summed E-state index contributed by atoms with van der Waals surface area (Å²) in [6.07, 6.45) is 4.10.